The van der Waals surface area contributed by atoms with Crippen LogP contribution in [-0.4, -0.2) is 0 Å². The van der Waals surface area contributed by atoms with Gasteiger partial charge in [0.2, 0.25) is 0 Å². The van der Waals surface area contributed by atoms with E-state index in [9.17, 15) is 0 Å². The minimum absolute atomic E-state index is 0.453. The molecule has 0 aromatic heterocycles. The molecule has 0 N–H and O–H groups in total. The number of rotatable bonds is 7. The van der Waals surface area contributed by atoms with Crippen molar-refractivity contribution in [3.8, 4) is 0 Å². The molecule has 2 saturated carbocycles. The monoisotopic (exact) mass is 472 g/mol. The Balaban J connectivity index is 1.28. The molecule has 2 fully saturated rings. The Hall–Kier alpha value is -1.04. The minimum Gasteiger partial charge on any atom is -0.0989 e. The van der Waals surface area contributed by atoms with Crippen LogP contribution in [0.5, 0.6) is 0 Å². The van der Waals surface area contributed by atoms with Gasteiger partial charge in [0.05, 0.1) is 0 Å². The van der Waals surface area contributed by atoms with Gasteiger partial charge in [-0.15, -0.1) is 0 Å². The smallest absolute Gasteiger partial charge is 0.0308 e. The molecule has 6 rings (SSSR count). The van der Waals surface area contributed by atoms with Crippen molar-refractivity contribution in [2.75, 3.05) is 0 Å². The predicted molar refractivity (Wildman–Crippen MR) is 150 cm³/mol. The number of hydrogen-bond acceptors (Lipinski definition) is 0. The van der Waals surface area contributed by atoms with Crippen LogP contribution >= 0.6 is 0 Å². The summed E-state index contributed by atoms with van der Waals surface area (Å²) < 4.78 is 0. The molecule has 0 radical (unpaired) electrons. The van der Waals surface area contributed by atoms with Gasteiger partial charge in [-0.05, 0) is 121 Å². The highest BCUT2D eigenvalue weighted by atomic mass is 14.7. The standard InChI is InChI=1S/C35H52/c1-8-10-17-35(7)18-16-25-24(19-35)15-14-23-13-12-22(4)34(5,6)20-26(28(23)25)29-32-30-27(21(3)11-9-2)31(30)33(29)32/h22-24,26-27,29H,3,8-20H2,1-2,4-7H3. The molecule has 5 atom stereocenters. The molecule has 6 aliphatic rings. The molecule has 35 heavy (non-hydrogen) atoms. The highest BCUT2D eigenvalue weighted by Crippen LogP contribution is 2.78. The van der Waals surface area contributed by atoms with Crippen LogP contribution in [0.2, 0.25) is 0 Å². The summed E-state index contributed by atoms with van der Waals surface area (Å²) in [6.45, 7) is 19.6. The van der Waals surface area contributed by atoms with Crippen molar-refractivity contribution < 1.29 is 0 Å². The maximum Gasteiger partial charge on any atom is 0.0308 e. The van der Waals surface area contributed by atoms with Crippen LogP contribution in [0.25, 0.3) is 0 Å². The van der Waals surface area contributed by atoms with Crippen LogP contribution in [0.3, 0.4) is 0 Å². The summed E-state index contributed by atoms with van der Waals surface area (Å²) >= 11 is 0. The molecule has 6 aliphatic carbocycles. The van der Waals surface area contributed by atoms with Gasteiger partial charge in [-0.1, -0.05) is 84.1 Å². The molecule has 5 unspecified atom stereocenters. The topological polar surface area (TPSA) is 0 Å². The van der Waals surface area contributed by atoms with E-state index in [2.05, 4.69) is 48.1 Å². The van der Waals surface area contributed by atoms with Crippen LogP contribution in [0.1, 0.15) is 125 Å². The van der Waals surface area contributed by atoms with Crippen molar-refractivity contribution >= 4 is 0 Å². The third kappa shape index (κ3) is 3.82. The second kappa shape index (κ2) is 8.49. The molecule has 0 nitrogen and oxygen atoms in total. The van der Waals surface area contributed by atoms with Gasteiger partial charge < -0.3 is 0 Å². The van der Waals surface area contributed by atoms with Gasteiger partial charge in [-0.3, -0.25) is 0 Å². The van der Waals surface area contributed by atoms with Crippen molar-refractivity contribution in [3.05, 3.63) is 45.6 Å². The zero-order chi connectivity index (χ0) is 24.7. The van der Waals surface area contributed by atoms with E-state index in [1.165, 1.54) is 89.0 Å². The summed E-state index contributed by atoms with van der Waals surface area (Å²) in [5.41, 5.74) is 13.8. The summed E-state index contributed by atoms with van der Waals surface area (Å²) in [7, 11) is 0. The Morgan fingerprint density at radius 2 is 1.57 bits per heavy atom. The number of unbranched alkanes of at least 4 members (excludes halogenated alkanes) is 1. The number of hydrogen-bond donors (Lipinski definition) is 0. The highest BCUT2D eigenvalue weighted by molar-refractivity contribution is 5.90. The predicted octanol–water partition coefficient (Wildman–Crippen LogP) is 10.4. The first-order valence-corrected chi connectivity index (χ1v) is 15.6. The van der Waals surface area contributed by atoms with Crippen molar-refractivity contribution in [2.45, 2.75) is 125 Å². The molecule has 0 aromatic rings. The van der Waals surface area contributed by atoms with Crippen molar-refractivity contribution in [1.82, 2.24) is 0 Å². The zero-order valence-corrected chi connectivity index (χ0v) is 23.9. The molecule has 0 saturated heterocycles. The van der Waals surface area contributed by atoms with Crippen LogP contribution in [0.15, 0.2) is 45.6 Å². The largest absolute Gasteiger partial charge is 0.0989 e. The summed E-state index contributed by atoms with van der Waals surface area (Å²) in [5.74, 6) is 4.95. The molecule has 0 spiro atoms. The lowest BCUT2D eigenvalue weighted by Gasteiger charge is -2.49. The highest BCUT2D eigenvalue weighted by Gasteiger charge is 2.66. The zero-order valence-electron chi connectivity index (χ0n) is 23.9. The molecule has 0 aromatic carbocycles. The average molecular weight is 473 g/mol. The number of allylic oxidation sites excluding steroid dienone is 7. The van der Waals surface area contributed by atoms with Gasteiger partial charge in [-0.25, -0.2) is 0 Å². The first kappa shape index (κ1) is 24.3. The molecule has 0 amide bonds. The quantitative estimate of drug-likeness (QED) is 0.323. The molecular weight excluding hydrogens is 420 g/mol. The normalized spacial score (nSPS) is 38.1. The third-order valence-corrected chi connectivity index (χ3v) is 12.0. The van der Waals surface area contributed by atoms with Crippen molar-refractivity contribution in [1.29, 1.82) is 0 Å². The summed E-state index contributed by atoms with van der Waals surface area (Å²) in [6.07, 6.45) is 18.3. The molecule has 0 aliphatic heterocycles. The van der Waals surface area contributed by atoms with E-state index in [0.29, 0.717) is 16.7 Å². The van der Waals surface area contributed by atoms with Crippen LogP contribution in [0, 0.1) is 46.3 Å². The van der Waals surface area contributed by atoms with Crippen molar-refractivity contribution in [2.24, 2.45) is 46.3 Å². The Morgan fingerprint density at radius 3 is 2.26 bits per heavy atom. The Labute approximate surface area is 216 Å². The number of fused-ring (bicyclic) bond motifs is 4. The van der Waals surface area contributed by atoms with Crippen LogP contribution in [0.4, 0.5) is 0 Å². The van der Waals surface area contributed by atoms with Gasteiger partial charge in [-0.2, -0.15) is 0 Å². The Kier molecular flexibility index (Phi) is 5.90. The second-order valence-electron chi connectivity index (χ2n) is 14.8. The minimum atomic E-state index is 0.453. The maximum atomic E-state index is 4.48. The molecule has 0 heteroatoms. The lowest BCUT2D eigenvalue weighted by atomic mass is 9.56. The van der Waals surface area contributed by atoms with Crippen molar-refractivity contribution in [3.63, 3.8) is 0 Å². The van der Waals surface area contributed by atoms with E-state index in [1.807, 2.05) is 22.3 Å². The Bertz CT molecular complexity index is 987. The fourth-order valence-corrected chi connectivity index (χ4v) is 9.53. The average Bonchev–Trinajstić information content (AvgIpc) is 3.65. The van der Waals surface area contributed by atoms with E-state index >= 15 is 0 Å². The first-order valence-electron chi connectivity index (χ1n) is 15.6. The van der Waals surface area contributed by atoms with Crippen LogP contribution < -0.4 is 0 Å². The van der Waals surface area contributed by atoms with Gasteiger partial charge in [0.25, 0.3) is 0 Å². The second-order valence-corrected chi connectivity index (χ2v) is 14.8. The van der Waals surface area contributed by atoms with E-state index in [1.54, 1.807) is 11.1 Å². The molecule has 192 valence electrons. The summed E-state index contributed by atoms with van der Waals surface area (Å²) in [5, 5.41) is 0. The molecule has 0 bridgehead atoms. The summed E-state index contributed by atoms with van der Waals surface area (Å²) in [6, 6.07) is 0. The third-order valence-electron chi connectivity index (χ3n) is 12.0. The summed E-state index contributed by atoms with van der Waals surface area (Å²) in [4.78, 5) is 0. The fourth-order valence-electron chi connectivity index (χ4n) is 9.53. The van der Waals surface area contributed by atoms with Gasteiger partial charge in [0.1, 0.15) is 0 Å². The van der Waals surface area contributed by atoms with Gasteiger partial charge >= 0.3 is 0 Å². The van der Waals surface area contributed by atoms with E-state index in [0.717, 1.165) is 29.6 Å². The first-order chi connectivity index (χ1) is 16.7. The van der Waals surface area contributed by atoms with E-state index < -0.39 is 0 Å². The van der Waals surface area contributed by atoms with Gasteiger partial charge in [0.15, 0.2) is 0 Å². The fraction of sp³-hybridized carbons (Fsp3) is 0.771. The van der Waals surface area contributed by atoms with Gasteiger partial charge in [0, 0.05) is 11.8 Å². The van der Waals surface area contributed by atoms with Crippen LogP contribution in [-0.2, 0) is 0 Å². The van der Waals surface area contributed by atoms with E-state index in [4.69, 9.17) is 0 Å². The molecule has 0 heterocycles. The maximum absolute atomic E-state index is 4.48. The lowest BCUT2D eigenvalue weighted by molar-refractivity contribution is 0.118. The molecular formula is C35H52. The SMILES string of the molecule is C=C(CCC)C1C2=C1C1=C2C1C1CC(C)(C)C(C)CCC2CCC3CC(C)(CCCC)CCC3=C21. The lowest BCUT2D eigenvalue weighted by Crippen LogP contribution is -2.37. The Morgan fingerprint density at radius 1 is 0.886 bits per heavy atom. The van der Waals surface area contributed by atoms with E-state index in [-0.39, 0.29) is 0 Å².